The second-order valence-corrected chi connectivity index (χ2v) is 8.32. The summed E-state index contributed by atoms with van der Waals surface area (Å²) in [7, 11) is -1.79. The number of rotatable bonds is 8. The number of ether oxygens (including phenoxy) is 1. The molecule has 2 rings (SSSR count). The highest BCUT2D eigenvalue weighted by atomic mass is 32.2. The third kappa shape index (κ3) is 4.26. The zero-order chi connectivity index (χ0) is 15.3. The van der Waals surface area contributed by atoms with Crippen LogP contribution < -0.4 is 5.32 Å². The maximum atomic E-state index is 12.7. The minimum atomic E-state index is -3.43. The molecule has 1 aromatic heterocycles. The van der Waals surface area contributed by atoms with Crippen LogP contribution in [-0.2, 0) is 21.3 Å². The molecule has 0 aromatic carbocycles. The van der Waals surface area contributed by atoms with Crippen molar-refractivity contribution < 1.29 is 13.2 Å². The Balaban J connectivity index is 2.05. The third-order valence-corrected chi connectivity index (χ3v) is 6.55. The van der Waals surface area contributed by atoms with Crippen molar-refractivity contribution in [3.63, 3.8) is 0 Å². The van der Waals surface area contributed by atoms with E-state index in [0.29, 0.717) is 18.0 Å². The van der Waals surface area contributed by atoms with Crippen LogP contribution in [-0.4, -0.2) is 45.6 Å². The molecule has 1 unspecified atom stereocenters. The van der Waals surface area contributed by atoms with E-state index >= 15 is 0 Å². The molecule has 2 heterocycles. The highest BCUT2D eigenvalue weighted by Gasteiger charge is 2.28. The van der Waals surface area contributed by atoms with Crippen LogP contribution in [0.2, 0.25) is 0 Å². The molecule has 0 radical (unpaired) electrons. The van der Waals surface area contributed by atoms with Gasteiger partial charge in [-0.15, -0.1) is 11.3 Å². The second-order valence-electron chi connectivity index (χ2n) is 5.31. The van der Waals surface area contributed by atoms with E-state index in [0.717, 1.165) is 37.3 Å². The molecule has 0 bridgehead atoms. The number of thiophene rings is 1. The van der Waals surface area contributed by atoms with Crippen molar-refractivity contribution in [2.24, 2.45) is 0 Å². The molecule has 0 spiro atoms. The van der Waals surface area contributed by atoms with Gasteiger partial charge in [-0.1, -0.05) is 6.92 Å². The average molecular weight is 332 g/mol. The maximum absolute atomic E-state index is 12.7. The molecule has 1 aromatic rings. The number of likely N-dealkylation sites (N-methyl/N-ethyl adjacent to an activating group) is 1. The van der Waals surface area contributed by atoms with Gasteiger partial charge in [0.2, 0.25) is 10.0 Å². The molecule has 1 fully saturated rings. The molecule has 1 atom stereocenters. The molecule has 0 saturated carbocycles. The standard InChI is InChI=1S/C14H24N2O3S2/c1-3-7-15-10-13-14(6-9-20-13)21(17,18)16(2)11-12-5-4-8-19-12/h6,9,12,15H,3-5,7-8,10-11H2,1-2H3. The van der Waals surface area contributed by atoms with Gasteiger partial charge in [0, 0.05) is 31.6 Å². The molecule has 1 saturated heterocycles. The molecule has 1 aliphatic heterocycles. The SMILES string of the molecule is CCCNCc1sccc1S(=O)(=O)N(C)CC1CCCO1. The first-order valence-electron chi connectivity index (χ1n) is 7.40. The van der Waals surface area contributed by atoms with E-state index in [4.69, 9.17) is 4.74 Å². The molecule has 0 aliphatic carbocycles. The van der Waals surface area contributed by atoms with Gasteiger partial charge in [0.15, 0.2) is 0 Å². The van der Waals surface area contributed by atoms with Gasteiger partial charge in [0.25, 0.3) is 0 Å². The Bertz CT molecular complexity index is 536. The molecule has 21 heavy (non-hydrogen) atoms. The van der Waals surface area contributed by atoms with Crippen molar-refractivity contribution in [2.45, 2.75) is 43.7 Å². The number of nitrogens with zero attached hydrogens (tertiary/aromatic N) is 1. The van der Waals surface area contributed by atoms with Crippen molar-refractivity contribution >= 4 is 21.4 Å². The fourth-order valence-electron chi connectivity index (χ4n) is 2.41. The van der Waals surface area contributed by atoms with Crippen molar-refractivity contribution in [2.75, 3.05) is 26.7 Å². The zero-order valence-corrected chi connectivity index (χ0v) is 14.3. The average Bonchev–Trinajstić information content (AvgIpc) is 3.10. The van der Waals surface area contributed by atoms with Gasteiger partial charge in [-0.2, -0.15) is 4.31 Å². The Morgan fingerprint density at radius 3 is 3.00 bits per heavy atom. The Hall–Kier alpha value is -0.470. The summed E-state index contributed by atoms with van der Waals surface area (Å²) in [6.45, 7) is 4.76. The molecule has 5 nitrogen and oxygen atoms in total. The Morgan fingerprint density at radius 2 is 2.33 bits per heavy atom. The predicted octanol–water partition coefficient (Wildman–Crippen LogP) is 2.05. The topological polar surface area (TPSA) is 58.6 Å². The predicted molar refractivity (Wildman–Crippen MR) is 85.1 cm³/mol. The first kappa shape index (κ1) is 16.9. The van der Waals surface area contributed by atoms with Crippen molar-refractivity contribution in [3.05, 3.63) is 16.3 Å². The largest absolute Gasteiger partial charge is 0.377 e. The molecule has 120 valence electrons. The lowest BCUT2D eigenvalue weighted by Gasteiger charge is -2.20. The molecule has 1 N–H and O–H groups in total. The minimum Gasteiger partial charge on any atom is -0.377 e. The Morgan fingerprint density at radius 1 is 1.52 bits per heavy atom. The maximum Gasteiger partial charge on any atom is 0.244 e. The van der Waals surface area contributed by atoms with Crippen LogP contribution in [0.1, 0.15) is 31.1 Å². The van der Waals surface area contributed by atoms with Crippen molar-refractivity contribution in [1.29, 1.82) is 0 Å². The second kappa shape index (κ2) is 7.69. The summed E-state index contributed by atoms with van der Waals surface area (Å²) in [6.07, 6.45) is 3.02. The minimum absolute atomic E-state index is 0.0325. The van der Waals surface area contributed by atoms with Crippen LogP contribution in [0.5, 0.6) is 0 Å². The van der Waals surface area contributed by atoms with Crippen LogP contribution in [0.4, 0.5) is 0 Å². The fraction of sp³-hybridized carbons (Fsp3) is 0.714. The van der Waals surface area contributed by atoms with E-state index in [2.05, 4.69) is 12.2 Å². The molecular formula is C14H24N2O3S2. The summed E-state index contributed by atoms with van der Waals surface area (Å²) >= 11 is 1.49. The molecule has 0 amide bonds. The van der Waals surface area contributed by atoms with E-state index in [-0.39, 0.29) is 6.10 Å². The van der Waals surface area contributed by atoms with Crippen LogP contribution >= 0.6 is 11.3 Å². The van der Waals surface area contributed by atoms with Crippen LogP contribution in [0.25, 0.3) is 0 Å². The quantitative estimate of drug-likeness (QED) is 0.740. The van der Waals surface area contributed by atoms with E-state index in [1.165, 1.54) is 15.6 Å². The summed E-state index contributed by atoms with van der Waals surface area (Å²) in [5, 5.41) is 5.11. The van der Waals surface area contributed by atoms with Gasteiger partial charge >= 0.3 is 0 Å². The Labute approximate surface area is 131 Å². The van der Waals surface area contributed by atoms with Gasteiger partial charge in [-0.25, -0.2) is 8.42 Å². The highest BCUT2D eigenvalue weighted by molar-refractivity contribution is 7.89. The summed E-state index contributed by atoms with van der Waals surface area (Å²) in [5.41, 5.74) is 0. The number of hydrogen-bond acceptors (Lipinski definition) is 5. The van der Waals surface area contributed by atoms with E-state index in [1.54, 1.807) is 13.1 Å². The van der Waals surface area contributed by atoms with Gasteiger partial charge in [0.05, 0.1) is 11.0 Å². The molecular weight excluding hydrogens is 308 g/mol. The van der Waals surface area contributed by atoms with Gasteiger partial charge < -0.3 is 10.1 Å². The van der Waals surface area contributed by atoms with E-state index < -0.39 is 10.0 Å². The first-order valence-corrected chi connectivity index (χ1v) is 9.72. The van der Waals surface area contributed by atoms with Crippen LogP contribution in [0.3, 0.4) is 0 Å². The fourth-order valence-corrected chi connectivity index (χ4v) is 4.99. The Kier molecular flexibility index (Phi) is 6.19. The summed E-state index contributed by atoms with van der Waals surface area (Å²) in [4.78, 5) is 1.30. The monoisotopic (exact) mass is 332 g/mol. The summed E-state index contributed by atoms with van der Waals surface area (Å²) < 4.78 is 32.3. The van der Waals surface area contributed by atoms with E-state index in [1.807, 2.05) is 5.38 Å². The van der Waals surface area contributed by atoms with Crippen LogP contribution in [0, 0.1) is 0 Å². The summed E-state index contributed by atoms with van der Waals surface area (Å²) in [6, 6.07) is 1.70. The van der Waals surface area contributed by atoms with Crippen LogP contribution in [0.15, 0.2) is 16.3 Å². The van der Waals surface area contributed by atoms with Gasteiger partial charge in [-0.3, -0.25) is 0 Å². The number of nitrogens with one attached hydrogen (secondary N) is 1. The first-order chi connectivity index (χ1) is 10.1. The van der Waals surface area contributed by atoms with Gasteiger partial charge in [-0.05, 0) is 37.3 Å². The molecule has 1 aliphatic rings. The molecule has 7 heteroatoms. The van der Waals surface area contributed by atoms with Gasteiger partial charge in [0.1, 0.15) is 0 Å². The normalized spacial score (nSPS) is 19.5. The van der Waals surface area contributed by atoms with E-state index in [9.17, 15) is 8.42 Å². The van der Waals surface area contributed by atoms with Crippen molar-refractivity contribution in [3.8, 4) is 0 Å². The lowest BCUT2D eigenvalue weighted by atomic mass is 10.2. The number of sulfonamides is 1. The smallest absolute Gasteiger partial charge is 0.244 e. The number of hydrogen-bond donors (Lipinski definition) is 1. The zero-order valence-electron chi connectivity index (χ0n) is 12.7. The lowest BCUT2D eigenvalue weighted by molar-refractivity contribution is 0.0979. The lowest BCUT2D eigenvalue weighted by Crippen LogP contribution is -2.34. The third-order valence-electron chi connectivity index (χ3n) is 3.59. The summed E-state index contributed by atoms with van der Waals surface area (Å²) in [5.74, 6) is 0. The van der Waals surface area contributed by atoms with Crippen molar-refractivity contribution in [1.82, 2.24) is 9.62 Å². The highest BCUT2D eigenvalue weighted by Crippen LogP contribution is 2.25.